The molecule has 2 aromatic rings. The Morgan fingerprint density at radius 2 is 2.12 bits per heavy atom. The lowest BCUT2D eigenvalue weighted by atomic mass is 10.2. The molecular formula is C12H13Cl2NO2. The summed E-state index contributed by atoms with van der Waals surface area (Å²) in [6, 6.07) is 5.56. The van der Waals surface area contributed by atoms with Gasteiger partial charge in [-0.05, 0) is 6.07 Å². The van der Waals surface area contributed by atoms with Crippen molar-refractivity contribution in [2.45, 2.75) is 13.2 Å². The molecular weight excluding hydrogens is 261 g/mol. The second-order valence-electron chi connectivity index (χ2n) is 3.71. The van der Waals surface area contributed by atoms with Crippen molar-refractivity contribution >= 4 is 34.1 Å². The van der Waals surface area contributed by atoms with E-state index in [1.807, 2.05) is 22.8 Å². The Morgan fingerprint density at radius 1 is 1.35 bits per heavy atom. The van der Waals surface area contributed by atoms with Gasteiger partial charge in [0.05, 0.1) is 23.8 Å². The molecule has 17 heavy (non-hydrogen) atoms. The van der Waals surface area contributed by atoms with E-state index in [1.54, 1.807) is 7.11 Å². The van der Waals surface area contributed by atoms with E-state index in [1.165, 1.54) is 0 Å². The highest BCUT2D eigenvalue weighted by Gasteiger charge is 2.16. The Morgan fingerprint density at radius 3 is 2.76 bits per heavy atom. The summed E-state index contributed by atoms with van der Waals surface area (Å²) in [6.07, 6.45) is 0. The molecule has 1 aromatic heterocycles. The highest BCUT2D eigenvalue weighted by Crippen LogP contribution is 2.34. The molecule has 0 amide bonds. The molecule has 5 heteroatoms. The maximum atomic E-state index is 9.37. The molecule has 0 fully saturated rings. The van der Waals surface area contributed by atoms with Crippen LogP contribution in [0.25, 0.3) is 10.9 Å². The molecule has 3 nitrogen and oxygen atoms in total. The number of benzene rings is 1. The Balaban J connectivity index is 2.67. The van der Waals surface area contributed by atoms with Gasteiger partial charge < -0.3 is 14.4 Å². The van der Waals surface area contributed by atoms with Crippen molar-refractivity contribution < 1.29 is 9.84 Å². The van der Waals surface area contributed by atoms with Crippen LogP contribution in [0, 0.1) is 0 Å². The fourth-order valence-electron chi connectivity index (χ4n) is 1.95. The molecule has 0 aliphatic rings. The van der Waals surface area contributed by atoms with Crippen molar-refractivity contribution in [2.24, 2.45) is 0 Å². The number of aliphatic hydroxyl groups is 1. The first-order valence-corrected chi connectivity index (χ1v) is 6.01. The maximum absolute atomic E-state index is 9.37. The normalized spacial score (nSPS) is 11.3. The summed E-state index contributed by atoms with van der Waals surface area (Å²) >= 11 is 12.4. The van der Waals surface area contributed by atoms with Crippen LogP contribution in [-0.2, 0) is 17.9 Å². The molecule has 0 atom stereocenters. The number of methoxy groups -OCH3 is 1. The van der Waals surface area contributed by atoms with E-state index >= 15 is 0 Å². The molecule has 0 spiro atoms. The van der Waals surface area contributed by atoms with E-state index in [4.69, 9.17) is 27.9 Å². The predicted molar refractivity (Wildman–Crippen MR) is 69.8 cm³/mol. The van der Waals surface area contributed by atoms with Crippen LogP contribution in [0.5, 0.6) is 0 Å². The topological polar surface area (TPSA) is 34.4 Å². The van der Waals surface area contributed by atoms with E-state index < -0.39 is 0 Å². The minimum Gasteiger partial charge on any atom is -0.392 e. The molecule has 0 saturated heterocycles. The molecule has 2 rings (SSSR count). The first kappa shape index (κ1) is 12.7. The Bertz CT molecular complexity index is 537. The maximum Gasteiger partial charge on any atom is 0.115 e. The van der Waals surface area contributed by atoms with Gasteiger partial charge in [-0.25, -0.2) is 0 Å². The van der Waals surface area contributed by atoms with Crippen molar-refractivity contribution in [3.05, 3.63) is 33.9 Å². The summed E-state index contributed by atoms with van der Waals surface area (Å²) in [5.74, 6) is 0. The number of nitrogens with zero attached hydrogens (tertiary/aromatic N) is 1. The van der Waals surface area contributed by atoms with Gasteiger partial charge in [0, 0.05) is 24.6 Å². The molecule has 0 aliphatic heterocycles. The van der Waals surface area contributed by atoms with Crippen molar-refractivity contribution in [1.29, 1.82) is 0 Å². The first-order valence-electron chi connectivity index (χ1n) is 5.25. The average molecular weight is 274 g/mol. The molecule has 92 valence electrons. The predicted octanol–water partition coefficient (Wildman–Crippen LogP) is 3.09. The highest BCUT2D eigenvalue weighted by molar-refractivity contribution is 6.37. The van der Waals surface area contributed by atoms with Crippen molar-refractivity contribution in [3.63, 3.8) is 0 Å². The van der Waals surface area contributed by atoms with E-state index in [2.05, 4.69) is 0 Å². The van der Waals surface area contributed by atoms with E-state index in [0.29, 0.717) is 28.9 Å². The minimum absolute atomic E-state index is 0.102. The number of ether oxygens (including phenoxy) is 1. The second-order valence-corrected chi connectivity index (χ2v) is 4.47. The third-order valence-corrected chi connectivity index (χ3v) is 3.48. The van der Waals surface area contributed by atoms with Crippen LogP contribution in [0.15, 0.2) is 18.2 Å². The molecule has 0 unspecified atom stereocenters. The number of halogens is 2. The van der Waals surface area contributed by atoms with Crippen LogP contribution < -0.4 is 0 Å². The lowest BCUT2D eigenvalue weighted by Gasteiger charge is -2.07. The molecule has 1 aromatic carbocycles. The molecule has 1 heterocycles. The van der Waals surface area contributed by atoms with Gasteiger partial charge >= 0.3 is 0 Å². The SMILES string of the molecule is COCCn1c(Cl)c(CO)c2cccc(Cl)c21. The zero-order chi connectivity index (χ0) is 12.4. The van der Waals surface area contributed by atoms with E-state index in [9.17, 15) is 5.11 Å². The van der Waals surface area contributed by atoms with Gasteiger partial charge in [-0.1, -0.05) is 35.3 Å². The van der Waals surface area contributed by atoms with Gasteiger partial charge in [-0.15, -0.1) is 0 Å². The monoisotopic (exact) mass is 273 g/mol. The van der Waals surface area contributed by atoms with Gasteiger partial charge in [-0.2, -0.15) is 0 Å². The smallest absolute Gasteiger partial charge is 0.115 e. The Labute approximate surface area is 110 Å². The Hall–Kier alpha value is -0.740. The molecule has 0 aliphatic carbocycles. The number of rotatable bonds is 4. The van der Waals surface area contributed by atoms with E-state index in [-0.39, 0.29) is 6.61 Å². The number of aliphatic hydroxyl groups excluding tert-OH is 1. The Kier molecular flexibility index (Phi) is 3.94. The van der Waals surface area contributed by atoms with Crippen LogP contribution in [-0.4, -0.2) is 23.4 Å². The summed E-state index contributed by atoms with van der Waals surface area (Å²) in [5, 5.41) is 11.4. The summed E-state index contributed by atoms with van der Waals surface area (Å²) in [6.45, 7) is 1.05. The minimum atomic E-state index is -0.102. The summed E-state index contributed by atoms with van der Waals surface area (Å²) in [5.41, 5.74) is 1.56. The molecule has 0 radical (unpaired) electrons. The van der Waals surface area contributed by atoms with Gasteiger partial charge in [-0.3, -0.25) is 0 Å². The summed E-state index contributed by atoms with van der Waals surface area (Å²) < 4.78 is 6.92. The number of para-hydroxylation sites is 1. The largest absolute Gasteiger partial charge is 0.392 e. The zero-order valence-corrected chi connectivity index (χ0v) is 10.9. The lowest BCUT2D eigenvalue weighted by Crippen LogP contribution is -2.04. The van der Waals surface area contributed by atoms with Crippen molar-refractivity contribution in [1.82, 2.24) is 4.57 Å². The number of hydrogen-bond acceptors (Lipinski definition) is 2. The third kappa shape index (κ3) is 2.16. The highest BCUT2D eigenvalue weighted by atomic mass is 35.5. The standard InChI is InChI=1S/C12H13Cl2NO2/c1-17-6-5-15-11-8(3-2-4-10(11)13)9(7-16)12(15)14/h2-4,16H,5-7H2,1H3. The number of fused-ring (bicyclic) bond motifs is 1. The van der Waals surface area contributed by atoms with E-state index in [0.717, 1.165) is 10.9 Å². The average Bonchev–Trinajstić information content (AvgIpc) is 2.60. The summed E-state index contributed by atoms with van der Waals surface area (Å²) in [4.78, 5) is 0. The van der Waals surface area contributed by atoms with Crippen LogP contribution in [0.2, 0.25) is 10.2 Å². The zero-order valence-electron chi connectivity index (χ0n) is 9.41. The molecule has 1 N–H and O–H groups in total. The van der Waals surface area contributed by atoms with Gasteiger partial charge in [0.25, 0.3) is 0 Å². The van der Waals surface area contributed by atoms with Gasteiger partial charge in [0.1, 0.15) is 5.15 Å². The summed E-state index contributed by atoms with van der Waals surface area (Å²) in [7, 11) is 1.63. The number of aromatic nitrogens is 1. The molecule has 0 saturated carbocycles. The van der Waals surface area contributed by atoms with Crippen LogP contribution in [0.3, 0.4) is 0 Å². The van der Waals surface area contributed by atoms with Crippen molar-refractivity contribution in [3.8, 4) is 0 Å². The fourth-order valence-corrected chi connectivity index (χ4v) is 2.56. The first-order chi connectivity index (χ1) is 8.20. The number of hydrogen-bond donors (Lipinski definition) is 1. The van der Waals surface area contributed by atoms with Crippen LogP contribution in [0.4, 0.5) is 0 Å². The molecule has 0 bridgehead atoms. The lowest BCUT2D eigenvalue weighted by molar-refractivity contribution is 0.188. The van der Waals surface area contributed by atoms with Gasteiger partial charge in [0.2, 0.25) is 0 Å². The second kappa shape index (κ2) is 5.27. The van der Waals surface area contributed by atoms with Gasteiger partial charge in [0.15, 0.2) is 0 Å². The van der Waals surface area contributed by atoms with Crippen molar-refractivity contribution in [2.75, 3.05) is 13.7 Å². The quantitative estimate of drug-likeness (QED) is 0.929. The van der Waals surface area contributed by atoms with Crippen LogP contribution >= 0.6 is 23.2 Å². The third-order valence-electron chi connectivity index (χ3n) is 2.74. The fraction of sp³-hybridized carbons (Fsp3) is 0.333. The van der Waals surface area contributed by atoms with Crippen LogP contribution in [0.1, 0.15) is 5.56 Å².